The summed E-state index contributed by atoms with van der Waals surface area (Å²) < 4.78 is 5.55. The third-order valence-corrected chi connectivity index (χ3v) is 5.98. The minimum atomic E-state index is -0.369. The van der Waals surface area contributed by atoms with Gasteiger partial charge in [0.15, 0.2) is 0 Å². The van der Waals surface area contributed by atoms with Gasteiger partial charge in [-0.1, -0.05) is 44.2 Å². The Morgan fingerprint density at radius 3 is 2.18 bits per heavy atom. The van der Waals surface area contributed by atoms with E-state index in [0.29, 0.717) is 12.1 Å². The Morgan fingerprint density at radius 2 is 1.58 bits per heavy atom. The number of H-pyrrole nitrogens is 2. The molecule has 3 rings (SSSR count). The molecule has 0 saturated heterocycles. The summed E-state index contributed by atoms with van der Waals surface area (Å²) in [6, 6.07) is 13.4. The normalized spacial score (nSPS) is 10.4. The Kier molecular flexibility index (Phi) is 7.53. The Balaban J connectivity index is 1.90. The minimum absolute atomic E-state index is 0.0574. The lowest BCUT2D eigenvalue weighted by atomic mass is 10.0. The molecule has 0 atom stereocenters. The number of ether oxygens (including phenoxy) is 1. The molecule has 0 saturated carbocycles. The van der Waals surface area contributed by atoms with Crippen LogP contribution in [0.15, 0.2) is 35.9 Å². The van der Waals surface area contributed by atoms with Crippen LogP contribution in [0.25, 0.3) is 6.08 Å². The number of aromatic amines is 2. The van der Waals surface area contributed by atoms with Crippen molar-refractivity contribution >= 4 is 12.0 Å². The van der Waals surface area contributed by atoms with E-state index in [2.05, 4.69) is 23.8 Å². The monoisotopic (exact) mass is 440 g/mol. The van der Waals surface area contributed by atoms with Gasteiger partial charge >= 0.3 is 5.97 Å². The summed E-state index contributed by atoms with van der Waals surface area (Å²) in [5.41, 5.74) is 8.41. The summed E-state index contributed by atoms with van der Waals surface area (Å²) in [5, 5.41) is 18.2. The number of benzene rings is 1. The van der Waals surface area contributed by atoms with Crippen LogP contribution in [0.1, 0.15) is 69.2 Å². The SMILES string of the molecule is CCc1c(Cc2[nH]c(C(=O)OCc3ccccc3)c(C)c2CC)[nH]c(C=C(C#N)C#N)c1C. The van der Waals surface area contributed by atoms with Crippen molar-refractivity contribution in [2.24, 2.45) is 0 Å². The average molecular weight is 441 g/mol. The van der Waals surface area contributed by atoms with E-state index in [1.807, 2.05) is 56.3 Å². The van der Waals surface area contributed by atoms with Gasteiger partial charge in [0.2, 0.25) is 0 Å². The number of carbonyl (C=O) groups excluding carboxylic acids is 1. The van der Waals surface area contributed by atoms with Crippen LogP contribution in [-0.2, 0) is 30.6 Å². The molecule has 0 fully saturated rings. The maximum Gasteiger partial charge on any atom is 0.355 e. The number of nitrogens with one attached hydrogen (secondary N) is 2. The minimum Gasteiger partial charge on any atom is -0.456 e. The molecular weight excluding hydrogens is 412 g/mol. The van der Waals surface area contributed by atoms with Gasteiger partial charge in [0.25, 0.3) is 0 Å². The average Bonchev–Trinajstić information content (AvgIpc) is 3.31. The van der Waals surface area contributed by atoms with Gasteiger partial charge in [-0.05, 0) is 60.6 Å². The smallest absolute Gasteiger partial charge is 0.355 e. The quantitative estimate of drug-likeness (QED) is 0.358. The fourth-order valence-electron chi connectivity index (χ4n) is 4.23. The van der Waals surface area contributed by atoms with Crippen molar-refractivity contribution in [1.29, 1.82) is 10.5 Å². The Morgan fingerprint density at radius 1 is 0.970 bits per heavy atom. The molecule has 0 amide bonds. The summed E-state index contributed by atoms with van der Waals surface area (Å²) in [6.07, 6.45) is 3.77. The van der Waals surface area contributed by atoms with Crippen LogP contribution in [0, 0.1) is 36.5 Å². The van der Waals surface area contributed by atoms with Crippen LogP contribution in [0.3, 0.4) is 0 Å². The second-order valence-corrected chi connectivity index (χ2v) is 7.93. The first-order valence-corrected chi connectivity index (χ1v) is 11.1. The van der Waals surface area contributed by atoms with Gasteiger partial charge in [-0.2, -0.15) is 10.5 Å². The zero-order chi connectivity index (χ0) is 24.0. The molecule has 0 aliphatic carbocycles. The van der Waals surface area contributed by atoms with Gasteiger partial charge in [-0.3, -0.25) is 0 Å². The zero-order valence-corrected chi connectivity index (χ0v) is 19.5. The Hall–Kier alpha value is -4.03. The number of hydrogen-bond donors (Lipinski definition) is 2. The molecule has 2 aromatic heterocycles. The number of hydrogen-bond acceptors (Lipinski definition) is 4. The highest BCUT2D eigenvalue weighted by molar-refractivity contribution is 5.90. The third-order valence-electron chi connectivity index (χ3n) is 5.98. The van der Waals surface area contributed by atoms with E-state index in [-0.39, 0.29) is 18.1 Å². The first kappa shape index (κ1) is 23.6. The van der Waals surface area contributed by atoms with Crippen molar-refractivity contribution in [1.82, 2.24) is 9.97 Å². The number of rotatable bonds is 8. The zero-order valence-electron chi connectivity index (χ0n) is 19.5. The van der Waals surface area contributed by atoms with E-state index in [1.165, 1.54) is 0 Å². The van der Waals surface area contributed by atoms with Crippen LogP contribution in [0.5, 0.6) is 0 Å². The molecule has 0 bridgehead atoms. The molecule has 0 unspecified atom stereocenters. The molecule has 0 radical (unpaired) electrons. The highest BCUT2D eigenvalue weighted by atomic mass is 16.5. The largest absolute Gasteiger partial charge is 0.456 e. The molecule has 33 heavy (non-hydrogen) atoms. The van der Waals surface area contributed by atoms with Gasteiger partial charge in [-0.15, -0.1) is 0 Å². The number of allylic oxidation sites excluding steroid dienone is 1. The first-order valence-electron chi connectivity index (χ1n) is 11.1. The van der Waals surface area contributed by atoms with Crippen molar-refractivity contribution in [3.63, 3.8) is 0 Å². The fourth-order valence-corrected chi connectivity index (χ4v) is 4.23. The number of nitrogens with zero attached hydrogens (tertiary/aromatic N) is 2. The van der Waals surface area contributed by atoms with Crippen molar-refractivity contribution in [2.45, 2.75) is 53.6 Å². The summed E-state index contributed by atoms with van der Waals surface area (Å²) in [7, 11) is 0. The summed E-state index contributed by atoms with van der Waals surface area (Å²) in [5.74, 6) is -0.369. The standard InChI is InChI=1S/C27H28N4O2/c1-5-21-17(3)23(12-20(14-28)15-29)30-24(21)13-25-22(6-2)18(4)26(31-25)27(32)33-16-19-10-8-7-9-11-19/h7-12,30-31H,5-6,13,16H2,1-4H3. The van der Waals surface area contributed by atoms with Gasteiger partial charge in [0.05, 0.1) is 0 Å². The van der Waals surface area contributed by atoms with Crippen LogP contribution >= 0.6 is 0 Å². The second-order valence-electron chi connectivity index (χ2n) is 7.93. The molecule has 0 aliphatic rings. The molecule has 2 N–H and O–H groups in total. The Bertz CT molecular complexity index is 1250. The molecular formula is C27H28N4O2. The number of aromatic nitrogens is 2. The van der Waals surface area contributed by atoms with Crippen molar-refractivity contribution in [2.75, 3.05) is 0 Å². The summed E-state index contributed by atoms with van der Waals surface area (Å²) >= 11 is 0. The van der Waals surface area contributed by atoms with E-state index in [4.69, 9.17) is 15.3 Å². The van der Waals surface area contributed by atoms with Gasteiger partial charge in [0.1, 0.15) is 30.0 Å². The molecule has 2 heterocycles. The predicted octanol–water partition coefficient (Wildman–Crippen LogP) is 5.46. The van der Waals surface area contributed by atoms with Gasteiger partial charge < -0.3 is 14.7 Å². The Labute approximate surface area is 194 Å². The lowest BCUT2D eigenvalue weighted by Gasteiger charge is -2.05. The molecule has 0 aliphatic heterocycles. The van der Waals surface area contributed by atoms with Crippen LogP contribution < -0.4 is 0 Å². The van der Waals surface area contributed by atoms with Crippen LogP contribution in [-0.4, -0.2) is 15.9 Å². The van der Waals surface area contributed by atoms with E-state index in [9.17, 15) is 4.79 Å². The number of nitriles is 2. The molecule has 6 heteroatoms. The van der Waals surface area contributed by atoms with Crippen molar-refractivity contribution in [3.8, 4) is 12.1 Å². The van der Waals surface area contributed by atoms with E-state index < -0.39 is 0 Å². The lowest BCUT2D eigenvalue weighted by Crippen LogP contribution is -2.07. The molecule has 6 nitrogen and oxygen atoms in total. The van der Waals surface area contributed by atoms with Gasteiger partial charge in [0, 0.05) is 23.5 Å². The van der Waals surface area contributed by atoms with E-state index >= 15 is 0 Å². The fraction of sp³-hybridized carbons (Fsp3) is 0.296. The van der Waals surface area contributed by atoms with Crippen molar-refractivity contribution in [3.05, 3.63) is 86.5 Å². The van der Waals surface area contributed by atoms with Crippen LogP contribution in [0.2, 0.25) is 0 Å². The van der Waals surface area contributed by atoms with E-state index in [1.54, 1.807) is 6.08 Å². The van der Waals surface area contributed by atoms with Gasteiger partial charge in [-0.25, -0.2) is 4.79 Å². The predicted molar refractivity (Wildman–Crippen MR) is 127 cm³/mol. The lowest BCUT2D eigenvalue weighted by molar-refractivity contribution is 0.0465. The molecule has 3 aromatic rings. The first-order chi connectivity index (χ1) is 15.9. The highest BCUT2D eigenvalue weighted by Gasteiger charge is 2.21. The third kappa shape index (κ3) is 5.07. The number of carbonyl (C=O) groups is 1. The highest BCUT2D eigenvalue weighted by Crippen LogP contribution is 2.27. The molecule has 0 spiro atoms. The van der Waals surface area contributed by atoms with E-state index in [0.717, 1.165) is 57.7 Å². The summed E-state index contributed by atoms with van der Waals surface area (Å²) in [4.78, 5) is 19.5. The topological polar surface area (TPSA) is 105 Å². The summed E-state index contributed by atoms with van der Waals surface area (Å²) in [6.45, 7) is 8.30. The number of esters is 1. The maximum atomic E-state index is 12.8. The maximum absolute atomic E-state index is 12.8. The van der Waals surface area contributed by atoms with Crippen LogP contribution in [0.4, 0.5) is 0 Å². The molecule has 1 aromatic carbocycles. The molecule has 168 valence electrons. The van der Waals surface area contributed by atoms with Crippen molar-refractivity contribution < 1.29 is 9.53 Å². The second kappa shape index (κ2) is 10.5.